The summed E-state index contributed by atoms with van der Waals surface area (Å²) in [6, 6.07) is 45.1. The van der Waals surface area contributed by atoms with Crippen LogP contribution in [0.25, 0.3) is 86.7 Å². The number of hydrogen-bond donors (Lipinski definition) is 0. The van der Waals surface area contributed by atoms with Crippen LogP contribution in [0.3, 0.4) is 0 Å². The zero-order chi connectivity index (χ0) is 27.6. The number of aromatic nitrogens is 2. The van der Waals surface area contributed by atoms with E-state index >= 15 is 0 Å². The molecule has 0 saturated carbocycles. The van der Waals surface area contributed by atoms with Crippen molar-refractivity contribution in [3.05, 3.63) is 134 Å². The third kappa shape index (κ3) is 3.66. The lowest BCUT2D eigenvalue weighted by atomic mass is 10.00. The normalized spacial score (nSPS) is 11.8. The zero-order valence-electron chi connectivity index (χ0n) is 22.4. The summed E-state index contributed by atoms with van der Waals surface area (Å²) in [5.74, 6) is 0.687. The van der Waals surface area contributed by atoms with E-state index in [0.717, 1.165) is 33.2 Å². The number of nitrogens with zero attached hydrogens (tertiary/aromatic N) is 2. The van der Waals surface area contributed by atoms with Gasteiger partial charge in [0.05, 0.1) is 6.20 Å². The highest BCUT2D eigenvalue weighted by molar-refractivity contribution is 7.26. The summed E-state index contributed by atoms with van der Waals surface area (Å²) in [6.07, 6.45) is 1.80. The minimum Gasteiger partial charge on any atom is -0.453 e. The van der Waals surface area contributed by atoms with E-state index in [1.165, 1.54) is 42.1 Å². The van der Waals surface area contributed by atoms with Crippen molar-refractivity contribution in [2.24, 2.45) is 0 Å². The Balaban J connectivity index is 1.16. The van der Waals surface area contributed by atoms with Gasteiger partial charge in [0.25, 0.3) is 0 Å². The molecule has 0 spiro atoms. The van der Waals surface area contributed by atoms with E-state index in [1.807, 2.05) is 17.4 Å². The van der Waals surface area contributed by atoms with Crippen LogP contribution in [-0.4, -0.2) is 9.97 Å². The number of hydrogen-bond acceptors (Lipinski definition) is 4. The van der Waals surface area contributed by atoms with Crippen molar-refractivity contribution in [2.75, 3.05) is 0 Å². The van der Waals surface area contributed by atoms with Gasteiger partial charge in [-0.3, -0.25) is 0 Å². The maximum Gasteiger partial charge on any atom is 0.172 e. The number of fused-ring (bicyclic) bond motifs is 7. The van der Waals surface area contributed by atoms with E-state index in [2.05, 4.69) is 121 Å². The molecule has 0 bridgehead atoms. The van der Waals surface area contributed by atoms with Gasteiger partial charge in [0.1, 0.15) is 11.1 Å². The molecule has 3 heterocycles. The largest absolute Gasteiger partial charge is 0.453 e. The lowest BCUT2D eigenvalue weighted by Gasteiger charge is -2.07. The van der Waals surface area contributed by atoms with Crippen LogP contribution in [0.5, 0.6) is 0 Å². The minimum absolute atomic E-state index is 0.687. The summed E-state index contributed by atoms with van der Waals surface area (Å²) in [7, 11) is 0. The molecule has 6 aromatic carbocycles. The summed E-state index contributed by atoms with van der Waals surface area (Å²) in [4.78, 5) is 9.76. The first-order valence-electron chi connectivity index (χ1n) is 14.0. The Morgan fingerprint density at radius 2 is 1.31 bits per heavy atom. The highest BCUT2D eigenvalue weighted by Crippen LogP contribution is 2.40. The standard InChI is InChI=1S/C38H22N2OS/c1-2-8-24-19-25(16-15-23(24)7-1)26-17-18-33-32(21-26)36-34(41-33)22-39-38(40-36)28-10-5-9-27(20-28)29-12-6-13-31-30-11-3-4-14-35(30)42-37(29)31/h1-22H. The molecule has 3 aromatic heterocycles. The Hall–Kier alpha value is -5.32. The van der Waals surface area contributed by atoms with Crippen molar-refractivity contribution >= 4 is 64.4 Å². The fraction of sp³-hybridized carbons (Fsp3) is 0. The van der Waals surface area contributed by atoms with Gasteiger partial charge in [-0.15, -0.1) is 11.3 Å². The quantitative estimate of drug-likeness (QED) is 0.218. The van der Waals surface area contributed by atoms with Crippen LogP contribution >= 0.6 is 11.3 Å². The van der Waals surface area contributed by atoms with Crippen LogP contribution in [0.2, 0.25) is 0 Å². The molecule has 0 aliphatic rings. The van der Waals surface area contributed by atoms with Crippen LogP contribution in [-0.2, 0) is 0 Å². The highest BCUT2D eigenvalue weighted by atomic mass is 32.1. The molecule has 0 N–H and O–H groups in total. The fourth-order valence-electron chi connectivity index (χ4n) is 6.05. The Morgan fingerprint density at radius 3 is 2.29 bits per heavy atom. The highest BCUT2D eigenvalue weighted by Gasteiger charge is 2.15. The van der Waals surface area contributed by atoms with Crippen LogP contribution in [0.1, 0.15) is 0 Å². The van der Waals surface area contributed by atoms with Crippen LogP contribution in [0, 0.1) is 0 Å². The Labute approximate surface area is 245 Å². The second-order valence-corrected chi connectivity index (χ2v) is 11.7. The monoisotopic (exact) mass is 554 g/mol. The van der Waals surface area contributed by atoms with Crippen molar-refractivity contribution < 1.29 is 4.42 Å². The third-order valence-corrected chi connectivity index (χ3v) is 9.35. The summed E-state index contributed by atoms with van der Waals surface area (Å²) in [6.45, 7) is 0. The maximum absolute atomic E-state index is 6.15. The molecule has 196 valence electrons. The molecule has 3 nitrogen and oxygen atoms in total. The van der Waals surface area contributed by atoms with Gasteiger partial charge in [-0.05, 0) is 63.4 Å². The molecule has 0 aliphatic heterocycles. The molecule has 0 unspecified atom stereocenters. The lowest BCUT2D eigenvalue weighted by molar-refractivity contribution is 0.666. The van der Waals surface area contributed by atoms with E-state index in [1.54, 1.807) is 6.20 Å². The van der Waals surface area contributed by atoms with Crippen molar-refractivity contribution in [3.8, 4) is 33.6 Å². The minimum atomic E-state index is 0.687. The maximum atomic E-state index is 6.15. The zero-order valence-corrected chi connectivity index (χ0v) is 23.2. The topological polar surface area (TPSA) is 38.9 Å². The van der Waals surface area contributed by atoms with Gasteiger partial charge >= 0.3 is 0 Å². The van der Waals surface area contributed by atoms with Gasteiger partial charge < -0.3 is 4.42 Å². The van der Waals surface area contributed by atoms with Crippen molar-refractivity contribution in [3.63, 3.8) is 0 Å². The van der Waals surface area contributed by atoms with E-state index in [0.29, 0.717) is 11.4 Å². The van der Waals surface area contributed by atoms with Gasteiger partial charge in [0, 0.05) is 31.1 Å². The average Bonchev–Trinajstić information content (AvgIpc) is 3.62. The second-order valence-electron chi connectivity index (χ2n) is 10.6. The summed E-state index contributed by atoms with van der Waals surface area (Å²) < 4.78 is 8.76. The number of thiophene rings is 1. The van der Waals surface area contributed by atoms with E-state index < -0.39 is 0 Å². The van der Waals surface area contributed by atoms with Crippen molar-refractivity contribution in [1.82, 2.24) is 9.97 Å². The molecule has 0 fully saturated rings. The first-order chi connectivity index (χ1) is 20.8. The van der Waals surface area contributed by atoms with E-state index in [-0.39, 0.29) is 0 Å². The van der Waals surface area contributed by atoms with Crippen molar-refractivity contribution in [1.29, 1.82) is 0 Å². The van der Waals surface area contributed by atoms with Crippen molar-refractivity contribution in [2.45, 2.75) is 0 Å². The Morgan fingerprint density at radius 1 is 0.524 bits per heavy atom. The smallest absolute Gasteiger partial charge is 0.172 e. The molecule has 9 aromatic rings. The summed E-state index contributed by atoms with van der Waals surface area (Å²) in [5, 5.41) is 6.05. The predicted molar refractivity (Wildman–Crippen MR) is 176 cm³/mol. The SMILES string of the molecule is c1cc(-c2ncc3oc4ccc(-c5ccc6ccccc6c5)cc4c3n2)cc(-c2cccc3c2sc2ccccc23)c1. The predicted octanol–water partition coefficient (Wildman–Crippen LogP) is 10.9. The first-order valence-corrected chi connectivity index (χ1v) is 14.8. The molecule has 9 rings (SSSR count). The summed E-state index contributed by atoms with van der Waals surface area (Å²) >= 11 is 1.85. The van der Waals surface area contributed by atoms with E-state index in [9.17, 15) is 0 Å². The van der Waals surface area contributed by atoms with Crippen LogP contribution in [0.4, 0.5) is 0 Å². The van der Waals surface area contributed by atoms with Gasteiger partial charge in [0.15, 0.2) is 11.4 Å². The van der Waals surface area contributed by atoms with Gasteiger partial charge in [-0.2, -0.15) is 0 Å². The molecule has 0 saturated heterocycles. The molecule has 0 amide bonds. The Bertz CT molecular complexity index is 2490. The lowest BCUT2D eigenvalue weighted by Crippen LogP contribution is -1.89. The fourth-order valence-corrected chi connectivity index (χ4v) is 7.29. The van der Waals surface area contributed by atoms with Gasteiger partial charge in [-0.1, -0.05) is 97.1 Å². The molecule has 4 heteroatoms. The summed E-state index contributed by atoms with van der Waals surface area (Å²) in [5.41, 5.74) is 8.00. The average molecular weight is 555 g/mol. The molecular formula is C38H22N2OS. The number of furan rings is 1. The first kappa shape index (κ1) is 23.4. The molecule has 0 radical (unpaired) electrons. The van der Waals surface area contributed by atoms with Crippen LogP contribution in [0.15, 0.2) is 138 Å². The molecule has 0 atom stereocenters. The molecule has 42 heavy (non-hydrogen) atoms. The van der Waals surface area contributed by atoms with Gasteiger partial charge in [-0.25, -0.2) is 9.97 Å². The number of rotatable bonds is 3. The molecular weight excluding hydrogens is 532 g/mol. The second kappa shape index (κ2) is 9.10. The van der Waals surface area contributed by atoms with Gasteiger partial charge in [0.2, 0.25) is 0 Å². The molecule has 0 aliphatic carbocycles. The third-order valence-electron chi connectivity index (χ3n) is 8.13. The van der Waals surface area contributed by atoms with Crippen LogP contribution < -0.4 is 0 Å². The van der Waals surface area contributed by atoms with E-state index in [4.69, 9.17) is 14.4 Å². The number of benzene rings is 6. The Kier molecular flexibility index (Phi) is 5.07.